The average Bonchev–Trinajstić information content (AvgIpc) is 2.88. The molecule has 0 spiro atoms. The number of carboxylic acids is 1. The van der Waals surface area contributed by atoms with Crippen molar-refractivity contribution in [3.05, 3.63) is 60.3 Å². The molecule has 0 unspecified atom stereocenters. The first-order valence-electron chi connectivity index (χ1n) is 7.29. The first-order chi connectivity index (χ1) is 10.4. The molecular weight excluding hydrogens is 274 g/mol. The fraction of sp³-hybridized carbons (Fsp3) is 0.211. The van der Waals surface area contributed by atoms with Crippen LogP contribution in [0.5, 0.6) is 0 Å². The number of hydrogen-bond donors (Lipinski definition) is 1. The minimum Gasteiger partial charge on any atom is -0.481 e. The van der Waals surface area contributed by atoms with Gasteiger partial charge in [-0.15, -0.1) is 0 Å². The summed E-state index contributed by atoms with van der Waals surface area (Å²) >= 11 is 0. The molecule has 0 atom stereocenters. The van der Waals surface area contributed by atoms with Crippen molar-refractivity contribution < 1.29 is 9.90 Å². The molecule has 112 valence electrons. The largest absolute Gasteiger partial charge is 0.481 e. The number of carbonyl (C=O) groups is 1. The van der Waals surface area contributed by atoms with E-state index in [-0.39, 0.29) is 0 Å². The molecule has 0 saturated carbocycles. The summed E-state index contributed by atoms with van der Waals surface area (Å²) in [6.07, 6.45) is 2.05. The molecule has 3 heteroatoms. The van der Waals surface area contributed by atoms with Gasteiger partial charge in [0.25, 0.3) is 0 Å². The Balaban J connectivity index is 1.99. The Morgan fingerprint density at radius 3 is 2.27 bits per heavy atom. The Morgan fingerprint density at radius 2 is 1.64 bits per heavy atom. The Labute approximate surface area is 129 Å². The summed E-state index contributed by atoms with van der Waals surface area (Å²) in [5, 5.41) is 10.5. The normalized spacial score (nSPS) is 11.8. The summed E-state index contributed by atoms with van der Waals surface area (Å²) in [6.45, 7) is 3.45. The maximum atomic E-state index is 11.3. The highest BCUT2D eigenvalue weighted by molar-refractivity contribution is 5.86. The summed E-state index contributed by atoms with van der Waals surface area (Å²) in [4.78, 5) is 11.3. The van der Waals surface area contributed by atoms with Gasteiger partial charge in [-0.05, 0) is 48.7 Å². The SMILES string of the molecule is Cn1ccc2cc(-c3ccc(C(C)(C)C(=O)O)cc3)ccc21. The summed E-state index contributed by atoms with van der Waals surface area (Å²) in [5.41, 5.74) is 3.37. The lowest BCUT2D eigenvalue weighted by molar-refractivity contribution is -0.142. The molecule has 0 saturated heterocycles. The van der Waals surface area contributed by atoms with Crippen molar-refractivity contribution in [3.8, 4) is 11.1 Å². The molecule has 0 radical (unpaired) electrons. The van der Waals surface area contributed by atoms with E-state index in [0.29, 0.717) is 0 Å². The molecule has 22 heavy (non-hydrogen) atoms. The smallest absolute Gasteiger partial charge is 0.313 e. The van der Waals surface area contributed by atoms with E-state index >= 15 is 0 Å². The molecule has 3 aromatic rings. The molecule has 0 aliphatic rings. The van der Waals surface area contributed by atoms with E-state index in [1.807, 2.05) is 37.5 Å². The molecule has 1 heterocycles. The first-order valence-corrected chi connectivity index (χ1v) is 7.29. The summed E-state index contributed by atoms with van der Waals surface area (Å²) in [7, 11) is 2.03. The second kappa shape index (κ2) is 5.02. The molecular formula is C19H19NO2. The van der Waals surface area contributed by atoms with Crippen LogP contribution in [0.4, 0.5) is 0 Å². The predicted molar refractivity (Wildman–Crippen MR) is 89.0 cm³/mol. The highest BCUT2D eigenvalue weighted by Gasteiger charge is 2.29. The van der Waals surface area contributed by atoms with Gasteiger partial charge in [0.05, 0.1) is 5.41 Å². The number of nitrogens with zero attached hydrogens (tertiary/aromatic N) is 1. The van der Waals surface area contributed by atoms with E-state index in [0.717, 1.165) is 16.7 Å². The molecule has 0 aliphatic heterocycles. The molecule has 0 bridgehead atoms. The van der Waals surface area contributed by atoms with E-state index < -0.39 is 11.4 Å². The van der Waals surface area contributed by atoms with Gasteiger partial charge < -0.3 is 9.67 Å². The lowest BCUT2D eigenvalue weighted by Crippen LogP contribution is -2.28. The minimum absolute atomic E-state index is 0.810. The topological polar surface area (TPSA) is 42.2 Å². The molecule has 1 aromatic heterocycles. The van der Waals surface area contributed by atoms with E-state index in [4.69, 9.17) is 0 Å². The third-order valence-electron chi connectivity index (χ3n) is 4.36. The fourth-order valence-corrected chi connectivity index (χ4v) is 2.66. The first kappa shape index (κ1) is 14.4. The van der Waals surface area contributed by atoms with Gasteiger partial charge in [-0.2, -0.15) is 0 Å². The molecule has 0 fully saturated rings. The van der Waals surface area contributed by atoms with Gasteiger partial charge in [0.15, 0.2) is 0 Å². The third-order valence-corrected chi connectivity index (χ3v) is 4.36. The van der Waals surface area contributed by atoms with Crippen LogP contribution in [-0.2, 0) is 17.3 Å². The van der Waals surface area contributed by atoms with Crippen LogP contribution in [0.15, 0.2) is 54.7 Å². The second-order valence-electron chi connectivity index (χ2n) is 6.21. The van der Waals surface area contributed by atoms with Crippen LogP contribution in [0, 0.1) is 0 Å². The molecule has 3 nitrogen and oxygen atoms in total. The van der Waals surface area contributed by atoms with Crippen LogP contribution in [0.25, 0.3) is 22.0 Å². The number of fused-ring (bicyclic) bond motifs is 1. The standard InChI is InChI=1S/C19H19NO2/c1-19(2,18(21)22)16-7-4-13(5-8-16)14-6-9-17-15(12-14)10-11-20(17)3/h4-12H,1-3H3,(H,21,22). The molecule has 2 aromatic carbocycles. The quantitative estimate of drug-likeness (QED) is 0.786. The maximum Gasteiger partial charge on any atom is 0.313 e. The Kier molecular flexibility index (Phi) is 3.28. The van der Waals surface area contributed by atoms with Gasteiger partial charge in [-0.25, -0.2) is 0 Å². The number of carboxylic acid groups (broad SMARTS) is 1. The third kappa shape index (κ3) is 2.29. The van der Waals surface area contributed by atoms with E-state index in [1.54, 1.807) is 13.8 Å². The number of benzene rings is 2. The lowest BCUT2D eigenvalue weighted by atomic mass is 9.84. The average molecular weight is 293 g/mol. The Morgan fingerprint density at radius 1 is 1.00 bits per heavy atom. The minimum atomic E-state index is -0.873. The summed E-state index contributed by atoms with van der Waals surface area (Å²) < 4.78 is 2.09. The van der Waals surface area contributed by atoms with Crippen LogP contribution < -0.4 is 0 Å². The van der Waals surface area contributed by atoms with Gasteiger partial charge in [-0.3, -0.25) is 4.79 Å². The predicted octanol–water partition coefficient (Wildman–Crippen LogP) is 4.21. The van der Waals surface area contributed by atoms with Crippen molar-refractivity contribution in [2.24, 2.45) is 7.05 Å². The van der Waals surface area contributed by atoms with Crippen LogP contribution in [-0.4, -0.2) is 15.6 Å². The highest BCUT2D eigenvalue weighted by Crippen LogP contribution is 2.28. The van der Waals surface area contributed by atoms with E-state index in [2.05, 4.69) is 28.8 Å². The van der Waals surface area contributed by atoms with E-state index in [1.165, 1.54) is 10.9 Å². The van der Waals surface area contributed by atoms with Gasteiger partial charge in [-0.1, -0.05) is 30.3 Å². The molecule has 3 rings (SSSR count). The maximum absolute atomic E-state index is 11.3. The van der Waals surface area contributed by atoms with Crippen molar-refractivity contribution >= 4 is 16.9 Å². The number of aromatic nitrogens is 1. The lowest BCUT2D eigenvalue weighted by Gasteiger charge is -2.19. The number of aryl methyl sites for hydroxylation is 1. The Bertz CT molecular complexity index is 842. The zero-order valence-electron chi connectivity index (χ0n) is 13.0. The van der Waals surface area contributed by atoms with Crippen LogP contribution >= 0.6 is 0 Å². The molecule has 0 aliphatic carbocycles. The number of aliphatic carboxylic acids is 1. The van der Waals surface area contributed by atoms with Crippen LogP contribution in [0.1, 0.15) is 19.4 Å². The number of hydrogen-bond acceptors (Lipinski definition) is 1. The summed E-state index contributed by atoms with van der Waals surface area (Å²) in [5.74, 6) is -0.814. The van der Waals surface area contributed by atoms with Gasteiger partial charge in [0.2, 0.25) is 0 Å². The van der Waals surface area contributed by atoms with Gasteiger partial charge in [0, 0.05) is 24.1 Å². The fourth-order valence-electron chi connectivity index (χ4n) is 2.66. The zero-order chi connectivity index (χ0) is 15.9. The van der Waals surface area contributed by atoms with E-state index in [9.17, 15) is 9.90 Å². The zero-order valence-corrected chi connectivity index (χ0v) is 13.0. The van der Waals surface area contributed by atoms with Crippen molar-refractivity contribution in [2.75, 3.05) is 0 Å². The van der Waals surface area contributed by atoms with Crippen LogP contribution in [0.3, 0.4) is 0 Å². The monoisotopic (exact) mass is 293 g/mol. The van der Waals surface area contributed by atoms with Crippen molar-refractivity contribution in [1.29, 1.82) is 0 Å². The second-order valence-corrected chi connectivity index (χ2v) is 6.21. The Hall–Kier alpha value is -2.55. The number of rotatable bonds is 3. The van der Waals surface area contributed by atoms with Gasteiger partial charge in [0.1, 0.15) is 0 Å². The molecule has 0 amide bonds. The molecule has 1 N–H and O–H groups in total. The summed E-state index contributed by atoms with van der Waals surface area (Å²) in [6, 6.07) is 16.2. The van der Waals surface area contributed by atoms with Gasteiger partial charge >= 0.3 is 5.97 Å². The van der Waals surface area contributed by atoms with Crippen molar-refractivity contribution in [1.82, 2.24) is 4.57 Å². The van der Waals surface area contributed by atoms with Crippen molar-refractivity contribution in [3.63, 3.8) is 0 Å². The highest BCUT2D eigenvalue weighted by atomic mass is 16.4. The van der Waals surface area contributed by atoms with Crippen LogP contribution in [0.2, 0.25) is 0 Å². The van der Waals surface area contributed by atoms with Crippen molar-refractivity contribution in [2.45, 2.75) is 19.3 Å².